The lowest BCUT2D eigenvalue weighted by atomic mass is 10.1. The van der Waals surface area contributed by atoms with E-state index in [1.54, 1.807) is 32.4 Å². The van der Waals surface area contributed by atoms with E-state index in [2.05, 4.69) is 20.9 Å². The highest BCUT2D eigenvalue weighted by Crippen LogP contribution is 2.29. The zero-order chi connectivity index (χ0) is 21.1. The van der Waals surface area contributed by atoms with Crippen LogP contribution < -0.4 is 25.4 Å². The first kappa shape index (κ1) is 25.5. The van der Waals surface area contributed by atoms with Gasteiger partial charge in [-0.2, -0.15) is 0 Å². The minimum atomic E-state index is -0.351. The second kappa shape index (κ2) is 13.6. The molecule has 164 valence electrons. The number of benzene rings is 2. The van der Waals surface area contributed by atoms with Crippen molar-refractivity contribution in [3.8, 4) is 11.5 Å². The summed E-state index contributed by atoms with van der Waals surface area (Å²) < 4.78 is 23.7. The van der Waals surface area contributed by atoms with Crippen molar-refractivity contribution in [3.05, 3.63) is 53.8 Å². The molecule has 30 heavy (non-hydrogen) atoms. The zero-order valence-corrected chi connectivity index (χ0v) is 19.7. The van der Waals surface area contributed by atoms with E-state index in [-0.39, 0.29) is 42.1 Å². The van der Waals surface area contributed by atoms with E-state index in [4.69, 9.17) is 9.47 Å². The number of halogens is 2. The normalized spacial score (nSPS) is 10.6. The molecule has 0 aromatic heterocycles. The van der Waals surface area contributed by atoms with Gasteiger partial charge in [-0.15, -0.1) is 24.0 Å². The topological polar surface area (TPSA) is 84.0 Å². The van der Waals surface area contributed by atoms with Gasteiger partial charge in [0.05, 0.1) is 27.2 Å². The number of ether oxygens (including phenoxy) is 2. The smallest absolute Gasteiger partial charge is 0.224 e. The summed E-state index contributed by atoms with van der Waals surface area (Å²) in [5.74, 6) is 1.30. The van der Waals surface area contributed by atoms with Crippen LogP contribution in [0.1, 0.15) is 12.5 Å². The lowest BCUT2D eigenvalue weighted by Crippen LogP contribution is -2.32. The number of carbonyl (C=O) groups is 1. The molecule has 3 N–H and O–H groups in total. The number of hydrogen-bond donors (Lipinski definition) is 3. The number of nitrogens with one attached hydrogen (secondary N) is 3. The van der Waals surface area contributed by atoms with Crippen LogP contribution in [0.25, 0.3) is 0 Å². The second-order valence-electron chi connectivity index (χ2n) is 6.11. The first-order valence-electron chi connectivity index (χ1n) is 9.34. The Bertz CT molecular complexity index is 849. The van der Waals surface area contributed by atoms with E-state index in [1.165, 1.54) is 12.1 Å². The molecule has 0 aliphatic heterocycles. The van der Waals surface area contributed by atoms with Gasteiger partial charge in [0.2, 0.25) is 5.91 Å². The predicted molar refractivity (Wildman–Crippen MR) is 128 cm³/mol. The van der Waals surface area contributed by atoms with Crippen molar-refractivity contribution >= 4 is 41.5 Å². The summed E-state index contributed by atoms with van der Waals surface area (Å²) in [7, 11) is 3.16. The van der Waals surface area contributed by atoms with Crippen LogP contribution in [-0.4, -0.2) is 45.7 Å². The third-order valence-electron chi connectivity index (χ3n) is 3.95. The Hall–Kier alpha value is -2.56. The number of methoxy groups -OCH3 is 2. The Morgan fingerprint density at radius 3 is 2.50 bits per heavy atom. The van der Waals surface area contributed by atoms with Crippen molar-refractivity contribution in [3.63, 3.8) is 0 Å². The van der Waals surface area contributed by atoms with E-state index in [1.807, 2.05) is 19.1 Å². The van der Waals surface area contributed by atoms with Crippen LogP contribution in [0, 0.1) is 5.82 Å². The number of hydrogen-bond acceptors (Lipinski definition) is 4. The molecule has 0 aliphatic carbocycles. The summed E-state index contributed by atoms with van der Waals surface area (Å²) in [5.41, 5.74) is 1.42. The van der Waals surface area contributed by atoms with Gasteiger partial charge in [-0.3, -0.25) is 9.79 Å². The van der Waals surface area contributed by atoms with Gasteiger partial charge in [-0.05, 0) is 36.8 Å². The van der Waals surface area contributed by atoms with Gasteiger partial charge in [0.1, 0.15) is 5.82 Å². The number of anilines is 1. The molecular formula is C21H28FIN4O3. The molecule has 7 nitrogen and oxygen atoms in total. The van der Waals surface area contributed by atoms with Gasteiger partial charge in [0, 0.05) is 24.8 Å². The highest BCUT2D eigenvalue weighted by molar-refractivity contribution is 14.0. The highest BCUT2D eigenvalue weighted by atomic mass is 127. The van der Waals surface area contributed by atoms with Crippen molar-refractivity contribution < 1.29 is 18.7 Å². The molecule has 0 aliphatic rings. The van der Waals surface area contributed by atoms with Crippen molar-refractivity contribution in [2.45, 2.75) is 13.3 Å². The fourth-order valence-electron chi connectivity index (χ4n) is 2.62. The molecular weight excluding hydrogens is 502 g/mol. The molecule has 0 heterocycles. The first-order chi connectivity index (χ1) is 14.0. The van der Waals surface area contributed by atoms with Gasteiger partial charge in [0.25, 0.3) is 0 Å². The lowest BCUT2D eigenvalue weighted by Gasteiger charge is -2.14. The van der Waals surface area contributed by atoms with Crippen LogP contribution in [0.4, 0.5) is 10.1 Å². The van der Waals surface area contributed by atoms with Gasteiger partial charge < -0.3 is 25.4 Å². The molecule has 0 fully saturated rings. The first-order valence-corrected chi connectivity index (χ1v) is 9.34. The fraction of sp³-hybridized carbons (Fsp3) is 0.333. The van der Waals surface area contributed by atoms with Crippen LogP contribution in [-0.2, 0) is 11.2 Å². The van der Waals surface area contributed by atoms with Crippen LogP contribution in [0.3, 0.4) is 0 Å². The van der Waals surface area contributed by atoms with E-state index in [0.29, 0.717) is 42.7 Å². The van der Waals surface area contributed by atoms with E-state index in [0.717, 1.165) is 5.69 Å². The molecule has 0 bridgehead atoms. The molecule has 9 heteroatoms. The third kappa shape index (κ3) is 8.44. The molecule has 0 spiro atoms. The maximum absolute atomic E-state index is 13.2. The predicted octanol–water partition coefficient (Wildman–Crippen LogP) is 3.20. The van der Waals surface area contributed by atoms with Crippen LogP contribution in [0.15, 0.2) is 47.5 Å². The van der Waals surface area contributed by atoms with Gasteiger partial charge >= 0.3 is 0 Å². The summed E-state index contributed by atoms with van der Waals surface area (Å²) >= 11 is 0. The van der Waals surface area contributed by atoms with E-state index in [9.17, 15) is 9.18 Å². The Balaban J connectivity index is 0.00000450. The van der Waals surface area contributed by atoms with Crippen LogP contribution in [0.5, 0.6) is 11.5 Å². The number of aliphatic imine (C=N–C) groups is 1. The maximum atomic E-state index is 13.2. The summed E-state index contributed by atoms with van der Waals surface area (Å²) in [4.78, 5) is 16.4. The van der Waals surface area contributed by atoms with E-state index >= 15 is 0 Å². The molecule has 1 amide bonds. The second-order valence-corrected chi connectivity index (χ2v) is 6.11. The van der Waals surface area contributed by atoms with Gasteiger partial charge in [-0.25, -0.2) is 4.39 Å². The highest BCUT2D eigenvalue weighted by Gasteiger charge is 2.07. The number of guanidine groups is 1. The lowest BCUT2D eigenvalue weighted by molar-refractivity contribution is -0.120. The number of rotatable bonds is 9. The molecule has 0 unspecified atom stereocenters. The Morgan fingerprint density at radius 1 is 1.07 bits per heavy atom. The van der Waals surface area contributed by atoms with Crippen LogP contribution in [0.2, 0.25) is 0 Å². The monoisotopic (exact) mass is 530 g/mol. The zero-order valence-electron chi connectivity index (χ0n) is 17.3. The summed E-state index contributed by atoms with van der Waals surface area (Å²) in [6.45, 7) is 3.41. The molecule has 2 aromatic carbocycles. The molecule has 2 rings (SSSR count). The minimum absolute atomic E-state index is 0. The SMILES string of the molecule is CCNC(=NCCNC(=O)Cc1cccc(F)c1)Nc1ccc(OC)c(OC)c1.I. The minimum Gasteiger partial charge on any atom is -0.493 e. The quantitative estimate of drug-likeness (QED) is 0.201. The maximum Gasteiger partial charge on any atom is 0.224 e. The number of nitrogens with zero attached hydrogens (tertiary/aromatic N) is 1. The number of amides is 1. The fourth-order valence-corrected chi connectivity index (χ4v) is 2.62. The van der Waals surface area contributed by atoms with Crippen molar-refractivity contribution in [1.29, 1.82) is 0 Å². The molecule has 0 saturated carbocycles. The van der Waals surface area contributed by atoms with Gasteiger partial charge in [-0.1, -0.05) is 12.1 Å². The van der Waals surface area contributed by atoms with Crippen molar-refractivity contribution in [2.24, 2.45) is 4.99 Å². The van der Waals surface area contributed by atoms with Crippen molar-refractivity contribution in [1.82, 2.24) is 10.6 Å². The Labute approximate surface area is 193 Å². The molecule has 0 saturated heterocycles. The summed E-state index contributed by atoms with van der Waals surface area (Å²) in [6.07, 6.45) is 0.130. The summed E-state index contributed by atoms with van der Waals surface area (Å²) in [6, 6.07) is 11.5. The summed E-state index contributed by atoms with van der Waals surface area (Å²) in [5, 5.41) is 9.12. The Kier molecular flexibility index (Phi) is 11.6. The Morgan fingerprint density at radius 2 is 1.83 bits per heavy atom. The largest absolute Gasteiger partial charge is 0.493 e. The van der Waals surface area contributed by atoms with Crippen LogP contribution >= 0.6 is 24.0 Å². The molecule has 0 atom stereocenters. The van der Waals surface area contributed by atoms with Gasteiger partial charge in [0.15, 0.2) is 17.5 Å². The molecule has 2 aromatic rings. The molecule has 0 radical (unpaired) electrons. The van der Waals surface area contributed by atoms with E-state index < -0.39 is 0 Å². The van der Waals surface area contributed by atoms with Crippen molar-refractivity contribution in [2.75, 3.05) is 39.2 Å². The standard InChI is InChI=1S/C21H27FN4O3.HI/c1-4-23-21(26-17-8-9-18(28-2)19(14-17)29-3)25-11-10-24-20(27)13-15-6-5-7-16(22)12-15;/h5-9,12,14H,4,10-11,13H2,1-3H3,(H,24,27)(H2,23,25,26);1H. The average Bonchev–Trinajstić information content (AvgIpc) is 2.71. The third-order valence-corrected chi connectivity index (χ3v) is 3.95. The average molecular weight is 530 g/mol. The number of carbonyl (C=O) groups excluding carboxylic acids is 1.